The van der Waals surface area contributed by atoms with Gasteiger partial charge in [-0.15, -0.1) is 0 Å². The van der Waals surface area contributed by atoms with Gasteiger partial charge in [0, 0.05) is 27.6 Å². The fourth-order valence-electron chi connectivity index (χ4n) is 3.02. The highest BCUT2D eigenvalue weighted by atomic mass is 35.5. The average Bonchev–Trinajstić information content (AvgIpc) is 2.90. The highest BCUT2D eigenvalue weighted by molar-refractivity contribution is 6.31. The van der Waals surface area contributed by atoms with Crippen molar-refractivity contribution in [3.63, 3.8) is 0 Å². The van der Waals surface area contributed by atoms with Crippen molar-refractivity contribution in [1.29, 1.82) is 0 Å². The number of allylic oxidation sites excluding steroid dienone is 1. The van der Waals surface area contributed by atoms with Crippen LogP contribution in [0, 0.1) is 0 Å². The fourth-order valence-corrected chi connectivity index (χ4v) is 3.26. The lowest BCUT2D eigenvalue weighted by molar-refractivity contribution is -0.137. The van der Waals surface area contributed by atoms with Crippen LogP contribution in [0.3, 0.4) is 0 Å². The molecule has 6 heteroatoms. The fraction of sp³-hybridized carbons (Fsp3) is 0.294. The Morgan fingerprint density at radius 1 is 1.35 bits per heavy atom. The Morgan fingerprint density at radius 2 is 2.13 bits per heavy atom. The summed E-state index contributed by atoms with van der Waals surface area (Å²) in [6.07, 6.45) is 2.83. The maximum atomic E-state index is 12.1. The van der Waals surface area contributed by atoms with Gasteiger partial charge in [0.25, 0.3) is 0 Å². The minimum absolute atomic E-state index is 0.307. The Morgan fingerprint density at radius 3 is 2.83 bits per heavy atom. The third kappa shape index (κ3) is 2.72. The summed E-state index contributed by atoms with van der Waals surface area (Å²) in [4.78, 5) is 27.0. The van der Waals surface area contributed by atoms with Crippen molar-refractivity contribution in [2.24, 2.45) is 0 Å². The molecule has 23 heavy (non-hydrogen) atoms. The Labute approximate surface area is 138 Å². The number of halogens is 1. The summed E-state index contributed by atoms with van der Waals surface area (Å²) >= 11 is 6.14. The molecule has 1 aromatic carbocycles. The Balaban J connectivity index is 2.25. The molecule has 0 aliphatic heterocycles. The summed E-state index contributed by atoms with van der Waals surface area (Å²) in [6.45, 7) is 2.06. The van der Waals surface area contributed by atoms with Crippen molar-refractivity contribution in [3.8, 4) is 0 Å². The molecule has 0 bridgehead atoms. The molecular formula is C17H16ClNO4. The third-order valence-corrected chi connectivity index (χ3v) is 4.12. The maximum Gasteiger partial charge on any atom is 0.355 e. The highest BCUT2D eigenvalue weighted by Crippen LogP contribution is 2.40. The molecule has 1 heterocycles. The lowest BCUT2D eigenvalue weighted by Crippen LogP contribution is -2.09. The van der Waals surface area contributed by atoms with Gasteiger partial charge in [-0.3, -0.25) is 0 Å². The summed E-state index contributed by atoms with van der Waals surface area (Å²) in [5.74, 6) is -0.889. The number of hydrogen-bond donors (Lipinski definition) is 1. The van der Waals surface area contributed by atoms with Crippen molar-refractivity contribution in [3.05, 3.63) is 40.1 Å². The van der Waals surface area contributed by atoms with Gasteiger partial charge in [0.05, 0.1) is 13.7 Å². The van der Waals surface area contributed by atoms with E-state index in [4.69, 9.17) is 21.1 Å². The number of aromatic nitrogens is 1. The van der Waals surface area contributed by atoms with Crippen LogP contribution >= 0.6 is 11.6 Å². The van der Waals surface area contributed by atoms with Gasteiger partial charge in [0.2, 0.25) is 0 Å². The lowest BCUT2D eigenvalue weighted by Gasteiger charge is -2.17. The molecule has 0 saturated heterocycles. The van der Waals surface area contributed by atoms with Crippen molar-refractivity contribution in [1.82, 2.24) is 4.98 Å². The van der Waals surface area contributed by atoms with Crippen molar-refractivity contribution >= 4 is 40.0 Å². The van der Waals surface area contributed by atoms with Gasteiger partial charge < -0.3 is 14.5 Å². The number of hydrogen-bond acceptors (Lipinski definition) is 4. The SMILES string of the molecule is CCOC(=O)C=C1CCc2cc(Cl)cc3[nH]c(C(=O)OC)c1c23. The molecular weight excluding hydrogens is 318 g/mol. The number of aromatic amines is 1. The zero-order valence-corrected chi connectivity index (χ0v) is 13.6. The first-order valence-corrected chi connectivity index (χ1v) is 7.73. The summed E-state index contributed by atoms with van der Waals surface area (Å²) in [5.41, 5.74) is 3.62. The molecule has 0 fully saturated rings. The Hall–Kier alpha value is -2.27. The number of ether oxygens (including phenoxy) is 2. The average molecular weight is 334 g/mol. The molecule has 0 spiro atoms. The first-order chi connectivity index (χ1) is 11.0. The smallest absolute Gasteiger partial charge is 0.355 e. The van der Waals surface area contributed by atoms with Crippen LogP contribution in [0.4, 0.5) is 0 Å². The van der Waals surface area contributed by atoms with E-state index >= 15 is 0 Å². The molecule has 1 aliphatic rings. The van der Waals surface area contributed by atoms with Gasteiger partial charge in [-0.05, 0) is 43.0 Å². The van der Waals surface area contributed by atoms with E-state index in [1.807, 2.05) is 6.07 Å². The number of carbonyl (C=O) groups excluding carboxylic acids is 2. The minimum atomic E-state index is -0.477. The number of carbonyl (C=O) groups is 2. The van der Waals surface area contributed by atoms with Crippen LogP contribution in [-0.4, -0.2) is 30.6 Å². The molecule has 0 saturated carbocycles. The van der Waals surface area contributed by atoms with E-state index in [-0.39, 0.29) is 0 Å². The number of methoxy groups -OCH3 is 1. The first-order valence-electron chi connectivity index (χ1n) is 7.35. The Bertz CT molecular complexity index is 835. The van der Waals surface area contributed by atoms with E-state index in [9.17, 15) is 9.59 Å². The maximum absolute atomic E-state index is 12.1. The second-order valence-electron chi connectivity index (χ2n) is 5.28. The Kier molecular flexibility index (Phi) is 4.13. The topological polar surface area (TPSA) is 68.4 Å². The van der Waals surface area contributed by atoms with Crippen LogP contribution in [0.2, 0.25) is 5.02 Å². The monoisotopic (exact) mass is 333 g/mol. The normalized spacial score (nSPS) is 15.0. The van der Waals surface area contributed by atoms with Crippen LogP contribution in [0.15, 0.2) is 18.2 Å². The van der Waals surface area contributed by atoms with Gasteiger partial charge in [0.1, 0.15) is 5.69 Å². The van der Waals surface area contributed by atoms with Crippen molar-refractivity contribution in [2.75, 3.05) is 13.7 Å². The number of benzene rings is 1. The number of nitrogens with one attached hydrogen (secondary N) is 1. The van der Waals surface area contributed by atoms with Crippen molar-refractivity contribution in [2.45, 2.75) is 19.8 Å². The summed E-state index contributed by atoms with van der Waals surface area (Å²) in [7, 11) is 1.33. The van der Waals surface area contributed by atoms with Crippen LogP contribution in [0.5, 0.6) is 0 Å². The number of rotatable bonds is 3. The second kappa shape index (κ2) is 6.08. The summed E-state index contributed by atoms with van der Waals surface area (Å²) in [5, 5.41) is 1.52. The van der Waals surface area contributed by atoms with Crippen LogP contribution < -0.4 is 0 Å². The standard InChI is InChI=1S/C17H16ClNO4/c1-3-23-13(20)7-10-5-4-9-6-11(18)8-12-14(9)15(10)16(19-12)17(21)22-2/h6-8,19H,3-5H2,1-2H3. The molecule has 120 valence electrons. The quantitative estimate of drug-likeness (QED) is 0.689. The van der Waals surface area contributed by atoms with E-state index < -0.39 is 11.9 Å². The van der Waals surface area contributed by atoms with E-state index in [1.165, 1.54) is 13.2 Å². The minimum Gasteiger partial charge on any atom is -0.464 e. The zero-order chi connectivity index (χ0) is 16.6. The lowest BCUT2D eigenvalue weighted by atomic mass is 9.87. The number of aryl methyl sites for hydroxylation is 1. The van der Waals surface area contributed by atoms with E-state index in [1.54, 1.807) is 13.0 Å². The molecule has 3 rings (SSSR count). The second-order valence-corrected chi connectivity index (χ2v) is 5.71. The van der Waals surface area contributed by atoms with Crippen LogP contribution in [-0.2, 0) is 20.7 Å². The van der Waals surface area contributed by atoms with Gasteiger partial charge in [-0.25, -0.2) is 9.59 Å². The zero-order valence-electron chi connectivity index (χ0n) is 12.9. The molecule has 2 aromatic rings. The van der Waals surface area contributed by atoms with E-state index in [0.717, 1.165) is 28.5 Å². The first kappa shape index (κ1) is 15.6. The highest BCUT2D eigenvalue weighted by Gasteiger charge is 2.27. The molecule has 5 nitrogen and oxygen atoms in total. The predicted octanol–water partition coefficient (Wildman–Crippen LogP) is 3.50. The molecule has 1 aliphatic carbocycles. The summed E-state index contributed by atoms with van der Waals surface area (Å²) in [6, 6.07) is 3.66. The molecule has 0 radical (unpaired) electrons. The molecule has 0 unspecified atom stereocenters. The van der Waals surface area contributed by atoms with Gasteiger partial charge in [-0.1, -0.05) is 11.6 Å². The number of H-pyrrole nitrogens is 1. The molecule has 0 atom stereocenters. The summed E-state index contributed by atoms with van der Waals surface area (Å²) < 4.78 is 9.84. The molecule has 1 N–H and O–H groups in total. The third-order valence-electron chi connectivity index (χ3n) is 3.90. The van der Waals surface area contributed by atoms with E-state index in [0.29, 0.717) is 29.3 Å². The van der Waals surface area contributed by atoms with Gasteiger partial charge in [0.15, 0.2) is 0 Å². The largest absolute Gasteiger partial charge is 0.464 e. The molecule has 0 amide bonds. The van der Waals surface area contributed by atoms with Crippen LogP contribution in [0.1, 0.15) is 35.0 Å². The van der Waals surface area contributed by atoms with E-state index in [2.05, 4.69) is 4.98 Å². The van der Waals surface area contributed by atoms with Gasteiger partial charge in [-0.2, -0.15) is 0 Å². The predicted molar refractivity (Wildman–Crippen MR) is 87.6 cm³/mol. The number of esters is 2. The van der Waals surface area contributed by atoms with Crippen molar-refractivity contribution < 1.29 is 19.1 Å². The molecule has 1 aromatic heterocycles. The van der Waals surface area contributed by atoms with Crippen LogP contribution in [0.25, 0.3) is 16.5 Å². The van der Waals surface area contributed by atoms with Gasteiger partial charge >= 0.3 is 11.9 Å².